The van der Waals surface area contributed by atoms with E-state index in [1.807, 2.05) is 18.2 Å². The molecule has 1 fully saturated rings. The van der Waals surface area contributed by atoms with Crippen LogP contribution in [0.15, 0.2) is 18.2 Å². The number of fused-ring (bicyclic) bond motifs is 1. The normalized spacial score (nSPS) is 21.8. The molecule has 0 unspecified atom stereocenters. The van der Waals surface area contributed by atoms with Gasteiger partial charge in [-0.3, -0.25) is 4.79 Å². The van der Waals surface area contributed by atoms with Crippen LogP contribution in [0.1, 0.15) is 31.2 Å². The smallest absolute Gasteiger partial charge is 0.133 e. The Labute approximate surface area is 119 Å². The van der Waals surface area contributed by atoms with Crippen molar-refractivity contribution in [1.82, 2.24) is 0 Å². The molecule has 1 atom stereocenters. The predicted octanol–water partition coefficient (Wildman–Crippen LogP) is 2.53. The molecule has 4 heteroatoms. The van der Waals surface area contributed by atoms with Crippen molar-refractivity contribution < 1.29 is 4.79 Å². The second-order valence-corrected chi connectivity index (χ2v) is 5.88. The lowest BCUT2D eigenvalue weighted by molar-refractivity contribution is -0.121. The summed E-state index contributed by atoms with van der Waals surface area (Å²) in [5.74, 6) is 0.862. The number of hydrogen-bond donors (Lipinski definition) is 0. The van der Waals surface area contributed by atoms with Gasteiger partial charge >= 0.3 is 0 Å². The van der Waals surface area contributed by atoms with Crippen molar-refractivity contribution in [3.05, 3.63) is 23.8 Å². The number of carbonyl (C=O) groups is 1. The average molecular weight is 269 g/mol. The first-order valence-electron chi connectivity index (χ1n) is 7.19. The SMILES string of the molecule is CN1CN(C[C@H]2CCCC(=O)C2)c2cc(C#N)ccc21. The highest BCUT2D eigenvalue weighted by atomic mass is 16.1. The summed E-state index contributed by atoms with van der Waals surface area (Å²) in [6.07, 6.45) is 3.64. The molecule has 0 spiro atoms. The van der Waals surface area contributed by atoms with Crippen molar-refractivity contribution in [3.63, 3.8) is 0 Å². The van der Waals surface area contributed by atoms with E-state index in [4.69, 9.17) is 5.26 Å². The molecule has 1 aromatic rings. The fourth-order valence-electron chi connectivity index (χ4n) is 3.32. The average Bonchev–Trinajstić information content (AvgIpc) is 2.75. The molecule has 1 heterocycles. The Morgan fingerprint density at radius 1 is 1.40 bits per heavy atom. The third kappa shape index (κ3) is 2.36. The number of carbonyl (C=O) groups excluding carboxylic acids is 1. The van der Waals surface area contributed by atoms with E-state index in [1.54, 1.807) is 0 Å². The van der Waals surface area contributed by atoms with Gasteiger partial charge in [-0.15, -0.1) is 0 Å². The van der Waals surface area contributed by atoms with E-state index < -0.39 is 0 Å². The molecule has 4 nitrogen and oxygen atoms in total. The van der Waals surface area contributed by atoms with Crippen LogP contribution in [0.25, 0.3) is 0 Å². The molecule has 1 saturated carbocycles. The van der Waals surface area contributed by atoms with Crippen LogP contribution in [-0.4, -0.2) is 26.0 Å². The minimum atomic E-state index is 0.403. The largest absolute Gasteiger partial charge is 0.355 e. The highest BCUT2D eigenvalue weighted by Crippen LogP contribution is 2.37. The summed E-state index contributed by atoms with van der Waals surface area (Å²) in [5, 5.41) is 9.05. The van der Waals surface area contributed by atoms with Crippen LogP contribution in [0.2, 0.25) is 0 Å². The van der Waals surface area contributed by atoms with Gasteiger partial charge in [0.1, 0.15) is 5.78 Å². The molecular weight excluding hydrogens is 250 g/mol. The minimum absolute atomic E-state index is 0.403. The lowest BCUT2D eigenvalue weighted by Gasteiger charge is -2.27. The molecule has 20 heavy (non-hydrogen) atoms. The van der Waals surface area contributed by atoms with Gasteiger partial charge in [0.25, 0.3) is 0 Å². The number of ketones is 1. The van der Waals surface area contributed by atoms with E-state index in [0.717, 1.165) is 38.2 Å². The zero-order valence-corrected chi connectivity index (χ0v) is 11.8. The molecule has 0 amide bonds. The summed E-state index contributed by atoms with van der Waals surface area (Å²) >= 11 is 0. The summed E-state index contributed by atoms with van der Waals surface area (Å²) in [6, 6.07) is 8.04. The van der Waals surface area contributed by atoms with Crippen molar-refractivity contribution in [3.8, 4) is 6.07 Å². The maximum absolute atomic E-state index is 11.6. The van der Waals surface area contributed by atoms with Gasteiger partial charge in [0.05, 0.1) is 29.7 Å². The Morgan fingerprint density at radius 2 is 2.25 bits per heavy atom. The maximum Gasteiger partial charge on any atom is 0.133 e. The summed E-state index contributed by atoms with van der Waals surface area (Å²) in [6.45, 7) is 1.76. The quantitative estimate of drug-likeness (QED) is 0.827. The van der Waals surface area contributed by atoms with E-state index in [0.29, 0.717) is 23.7 Å². The number of Topliss-reactive ketones (excluding diaryl/α,β-unsaturated/α-hetero) is 1. The second-order valence-electron chi connectivity index (χ2n) is 5.88. The van der Waals surface area contributed by atoms with Gasteiger partial charge in [-0.2, -0.15) is 5.26 Å². The van der Waals surface area contributed by atoms with Crippen molar-refractivity contribution >= 4 is 17.2 Å². The van der Waals surface area contributed by atoms with Gasteiger partial charge in [0.15, 0.2) is 0 Å². The summed E-state index contributed by atoms with van der Waals surface area (Å²) in [7, 11) is 2.07. The van der Waals surface area contributed by atoms with E-state index in [9.17, 15) is 4.79 Å². The molecule has 0 N–H and O–H groups in total. The number of nitrogens with zero attached hydrogens (tertiary/aromatic N) is 3. The van der Waals surface area contributed by atoms with Gasteiger partial charge in [0, 0.05) is 26.4 Å². The van der Waals surface area contributed by atoms with Crippen LogP contribution in [-0.2, 0) is 4.79 Å². The first-order chi connectivity index (χ1) is 9.67. The third-order valence-electron chi connectivity index (χ3n) is 4.30. The first-order valence-corrected chi connectivity index (χ1v) is 7.19. The molecule has 1 aromatic carbocycles. The second kappa shape index (κ2) is 5.16. The lowest BCUT2D eigenvalue weighted by atomic mass is 9.88. The Kier molecular flexibility index (Phi) is 3.35. The first kappa shape index (κ1) is 13.0. The minimum Gasteiger partial charge on any atom is -0.355 e. The van der Waals surface area contributed by atoms with E-state index in [2.05, 4.69) is 22.9 Å². The summed E-state index contributed by atoms with van der Waals surface area (Å²) < 4.78 is 0. The van der Waals surface area contributed by atoms with Gasteiger partial charge in [-0.25, -0.2) is 0 Å². The number of rotatable bonds is 2. The summed E-state index contributed by atoms with van der Waals surface area (Å²) in [5.41, 5.74) is 3.00. The monoisotopic (exact) mass is 269 g/mol. The van der Waals surface area contributed by atoms with E-state index in [1.165, 1.54) is 5.69 Å². The van der Waals surface area contributed by atoms with Crippen LogP contribution < -0.4 is 9.80 Å². The van der Waals surface area contributed by atoms with Crippen LogP contribution in [0.5, 0.6) is 0 Å². The summed E-state index contributed by atoms with van der Waals surface area (Å²) in [4.78, 5) is 16.1. The molecular formula is C16H19N3O. The molecule has 2 aliphatic rings. The Balaban J connectivity index is 1.79. The predicted molar refractivity (Wildman–Crippen MR) is 78.7 cm³/mol. The van der Waals surface area contributed by atoms with Crippen LogP contribution in [0.4, 0.5) is 11.4 Å². The van der Waals surface area contributed by atoms with Crippen LogP contribution in [0.3, 0.4) is 0 Å². The molecule has 1 aliphatic carbocycles. The Morgan fingerprint density at radius 3 is 3.00 bits per heavy atom. The maximum atomic E-state index is 11.6. The molecule has 104 valence electrons. The molecule has 1 aliphatic heterocycles. The van der Waals surface area contributed by atoms with Gasteiger partial charge in [0.2, 0.25) is 0 Å². The third-order valence-corrected chi connectivity index (χ3v) is 4.30. The van der Waals surface area contributed by atoms with Crippen molar-refractivity contribution in [2.24, 2.45) is 5.92 Å². The van der Waals surface area contributed by atoms with E-state index in [-0.39, 0.29) is 0 Å². The Bertz CT molecular complexity index is 576. The molecule has 0 bridgehead atoms. The van der Waals surface area contributed by atoms with Crippen molar-refractivity contribution in [1.29, 1.82) is 5.26 Å². The highest BCUT2D eigenvalue weighted by molar-refractivity contribution is 5.80. The molecule has 0 saturated heterocycles. The Hall–Kier alpha value is -2.02. The van der Waals surface area contributed by atoms with Crippen molar-refractivity contribution in [2.75, 3.05) is 30.1 Å². The molecule has 3 rings (SSSR count). The van der Waals surface area contributed by atoms with Crippen LogP contribution >= 0.6 is 0 Å². The fraction of sp³-hybridized carbons (Fsp3) is 0.500. The van der Waals surface area contributed by atoms with Gasteiger partial charge in [-0.1, -0.05) is 0 Å². The van der Waals surface area contributed by atoms with Crippen LogP contribution in [0, 0.1) is 17.2 Å². The van der Waals surface area contributed by atoms with Gasteiger partial charge < -0.3 is 9.80 Å². The van der Waals surface area contributed by atoms with Gasteiger partial charge in [-0.05, 0) is 37.0 Å². The zero-order valence-electron chi connectivity index (χ0n) is 11.8. The van der Waals surface area contributed by atoms with Crippen molar-refractivity contribution in [2.45, 2.75) is 25.7 Å². The highest BCUT2D eigenvalue weighted by Gasteiger charge is 2.28. The standard InChI is InChI=1S/C16H19N3O/c1-18-11-19(10-13-3-2-4-14(20)7-13)16-8-12(9-17)5-6-15(16)18/h5-6,8,13H,2-4,7,10-11H2,1H3/t13-/m0/s1. The number of anilines is 2. The zero-order chi connectivity index (χ0) is 14.1. The molecule has 0 radical (unpaired) electrons. The molecule has 0 aromatic heterocycles. The topological polar surface area (TPSA) is 47.3 Å². The lowest BCUT2D eigenvalue weighted by Crippen LogP contribution is -2.34. The van der Waals surface area contributed by atoms with E-state index >= 15 is 0 Å². The number of benzene rings is 1. The fourth-order valence-corrected chi connectivity index (χ4v) is 3.32. The number of hydrogen-bond acceptors (Lipinski definition) is 4. The number of nitriles is 1.